The molecule has 52 valence electrons. The van der Waals surface area contributed by atoms with Crippen LogP contribution in [0.25, 0.3) is 0 Å². The molecule has 10 heavy (non-hydrogen) atoms. The van der Waals surface area contributed by atoms with Gasteiger partial charge in [0.1, 0.15) is 0 Å². The molecule has 4 nitrogen and oxygen atoms in total. The highest BCUT2D eigenvalue weighted by molar-refractivity contribution is 5.98. The number of amides is 2. The van der Waals surface area contributed by atoms with E-state index in [4.69, 9.17) is 5.26 Å². The van der Waals surface area contributed by atoms with E-state index in [9.17, 15) is 9.59 Å². The van der Waals surface area contributed by atoms with Gasteiger partial charge < -0.3 is 0 Å². The van der Waals surface area contributed by atoms with Crippen molar-refractivity contribution in [3.05, 3.63) is 0 Å². The second kappa shape index (κ2) is 2.48. The Morgan fingerprint density at radius 3 is 2.30 bits per heavy atom. The molecule has 1 heterocycles. The number of rotatable bonds is 0. The molecule has 0 radical (unpaired) electrons. The molecule has 0 unspecified atom stereocenters. The van der Waals surface area contributed by atoms with Gasteiger partial charge in [0.2, 0.25) is 11.8 Å². The van der Waals surface area contributed by atoms with E-state index in [-0.39, 0.29) is 24.7 Å². The van der Waals surface area contributed by atoms with Crippen molar-refractivity contribution in [3.8, 4) is 6.07 Å². The lowest BCUT2D eigenvalue weighted by Gasteiger charge is -2.13. The Bertz CT molecular complexity index is 200. The zero-order valence-electron chi connectivity index (χ0n) is 5.26. The molecule has 0 bridgehead atoms. The predicted molar refractivity (Wildman–Crippen MR) is 31.5 cm³/mol. The van der Waals surface area contributed by atoms with Crippen LogP contribution in [0, 0.1) is 17.2 Å². The highest BCUT2D eigenvalue weighted by atomic mass is 16.2. The number of imide groups is 1. The van der Waals surface area contributed by atoms with Crippen LogP contribution < -0.4 is 5.32 Å². The monoisotopic (exact) mass is 138 g/mol. The lowest BCUT2D eigenvalue weighted by atomic mass is 9.99. The van der Waals surface area contributed by atoms with E-state index < -0.39 is 5.92 Å². The van der Waals surface area contributed by atoms with Crippen molar-refractivity contribution in [1.29, 1.82) is 5.26 Å². The van der Waals surface area contributed by atoms with Crippen molar-refractivity contribution in [3.63, 3.8) is 0 Å². The fourth-order valence-electron chi connectivity index (χ4n) is 0.869. The molecule has 1 saturated heterocycles. The summed E-state index contributed by atoms with van der Waals surface area (Å²) in [5.74, 6) is -1.10. The van der Waals surface area contributed by atoms with E-state index in [0.717, 1.165) is 0 Å². The first kappa shape index (κ1) is 6.75. The van der Waals surface area contributed by atoms with E-state index in [1.807, 2.05) is 6.07 Å². The van der Waals surface area contributed by atoms with Crippen LogP contribution >= 0.6 is 0 Å². The third-order valence-corrected chi connectivity index (χ3v) is 1.33. The molecule has 1 aliphatic heterocycles. The summed E-state index contributed by atoms with van der Waals surface area (Å²) in [6.07, 6.45) is 0.310. The van der Waals surface area contributed by atoms with Crippen molar-refractivity contribution in [2.24, 2.45) is 5.92 Å². The Balaban J connectivity index is 2.61. The van der Waals surface area contributed by atoms with E-state index in [0.29, 0.717) is 0 Å². The SMILES string of the molecule is N#CC1CC(=O)NC(=O)C1. The molecule has 1 fully saturated rings. The highest BCUT2D eigenvalue weighted by Crippen LogP contribution is 2.10. The second-order valence-electron chi connectivity index (χ2n) is 2.21. The number of carbonyl (C=O) groups is 2. The van der Waals surface area contributed by atoms with Crippen molar-refractivity contribution >= 4 is 11.8 Å². The molecule has 1 N–H and O–H groups in total. The summed E-state index contributed by atoms with van der Waals surface area (Å²) in [5, 5.41) is 10.5. The van der Waals surface area contributed by atoms with Gasteiger partial charge in [-0.15, -0.1) is 0 Å². The minimum atomic E-state index is -0.416. The van der Waals surface area contributed by atoms with Gasteiger partial charge in [0, 0.05) is 12.8 Å². The summed E-state index contributed by atoms with van der Waals surface area (Å²) in [4.78, 5) is 21.1. The van der Waals surface area contributed by atoms with Crippen LogP contribution in [-0.2, 0) is 9.59 Å². The van der Waals surface area contributed by atoms with Gasteiger partial charge in [0.25, 0.3) is 0 Å². The maximum absolute atomic E-state index is 10.6. The number of piperidine rings is 1. The normalized spacial score (nSPS) is 19.9. The van der Waals surface area contributed by atoms with Gasteiger partial charge in [-0.25, -0.2) is 0 Å². The van der Waals surface area contributed by atoms with Gasteiger partial charge in [-0.05, 0) is 0 Å². The molecule has 0 aromatic carbocycles. The first-order valence-corrected chi connectivity index (χ1v) is 2.94. The van der Waals surface area contributed by atoms with Gasteiger partial charge >= 0.3 is 0 Å². The van der Waals surface area contributed by atoms with Crippen molar-refractivity contribution in [2.45, 2.75) is 12.8 Å². The molecule has 0 aromatic rings. The Hall–Kier alpha value is -1.37. The number of nitrogens with zero attached hydrogens (tertiary/aromatic N) is 1. The predicted octanol–water partition coefficient (Wildman–Crippen LogP) is -0.437. The molecule has 0 saturated carbocycles. The number of hydrogen-bond acceptors (Lipinski definition) is 3. The fraction of sp³-hybridized carbons (Fsp3) is 0.500. The number of nitrogens with one attached hydrogen (secondary N) is 1. The van der Waals surface area contributed by atoms with E-state index in [1.165, 1.54) is 0 Å². The molecule has 2 amide bonds. The van der Waals surface area contributed by atoms with Crippen molar-refractivity contribution in [1.82, 2.24) is 5.32 Å². The lowest BCUT2D eigenvalue weighted by molar-refractivity contribution is -0.134. The van der Waals surface area contributed by atoms with Gasteiger partial charge in [-0.1, -0.05) is 0 Å². The molecular formula is C6H6N2O2. The Morgan fingerprint density at radius 1 is 1.40 bits per heavy atom. The first-order valence-electron chi connectivity index (χ1n) is 2.94. The summed E-state index contributed by atoms with van der Waals surface area (Å²) in [6, 6.07) is 1.88. The average Bonchev–Trinajstić information content (AvgIpc) is 1.85. The standard InChI is InChI=1S/C6H6N2O2/c7-3-4-1-5(9)8-6(10)2-4/h4H,1-2H2,(H,8,9,10). The van der Waals surface area contributed by atoms with Crippen LogP contribution in [0.3, 0.4) is 0 Å². The summed E-state index contributed by atoms with van der Waals surface area (Å²) >= 11 is 0. The second-order valence-corrected chi connectivity index (χ2v) is 2.21. The van der Waals surface area contributed by atoms with E-state index >= 15 is 0 Å². The molecule has 4 heteroatoms. The van der Waals surface area contributed by atoms with Gasteiger partial charge in [0.05, 0.1) is 12.0 Å². The van der Waals surface area contributed by atoms with Crippen LogP contribution in [0.2, 0.25) is 0 Å². The molecule has 0 aliphatic carbocycles. The van der Waals surface area contributed by atoms with Crippen LogP contribution in [-0.4, -0.2) is 11.8 Å². The van der Waals surface area contributed by atoms with Crippen LogP contribution in [0.1, 0.15) is 12.8 Å². The molecule has 1 rings (SSSR count). The maximum atomic E-state index is 10.6. The van der Waals surface area contributed by atoms with Gasteiger partial charge in [-0.3, -0.25) is 14.9 Å². The molecule has 0 atom stereocenters. The summed E-state index contributed by atoms with van der Waals surface area (Å²) in [7, 11) is 0. The van der Waals surface area contributed by atoms with Crippen LogP contribution in [0.5, 0.6) is 0 Å². The third kappa shape index (κ3) is 1.32. The summed E-state index contributed by atoms with van der Waals surface area (Å²) in [5.41, 5.74) is 0. The minimum Gasteiger partial charge on any atom is -0.296 e. The maximum Gasteiger partial charge on any atom is 0.227 e. The van der Waals surface area contributed by atoms with E-state index in [1.54, 1.807) is 0 Å². The van der Waals surface area contributed by atoms with Gasteiger partial charge in [-0.2, -0.15) is 5.26 Å². The molecule has 0 spiro atoms. The zero-order valence-corrected chi connectivity index (χ0v) is 5.26. The molecular weight excluding hydrogens is 132 g/mol. The Labute approximate surface area is 57.8 Å². The Kier molecular flexibility index (Phi) is 1.67. The van der Waals surface area contributed by atoms with Crippen LogP contribution in [0.4, 0.5) is 0 Å². The highest BCUT2D eigenvalue weighted by Gasteiger charge is 2.23. The smallest absolute Gasteiger partial charge is 0.227 e. The topological polar surface area (TPSA) is 70.0 Å². The molecule has 1 aliphatic rings. The lowest BCUT2D eigenvalue weighted by Crippen LogP contribution is -2.38. The fourth-order valence-corrected chi connectivity index (χ4v) is 0.869. The first-order chi connectivity index (χ1) is 4.72. The largest absolute Gasteiger partial charge is 0.296 e. The van der Waals surface area contributed by atoms with Crippen molar-refractivity contribution in [2.75, 3.05) is 0 Å². The Morgan fingerprint density at radius 2 is 1.90 bits per heavy atom. The number of carbonyl (C=O) groups excluding carboxylic acids is 2. The number of nitriles is 1. The van der Waals surface area contributed by atoms with E-state index in [2.05, 4.69) is 5.32 Å². The summed E-state index contributed by atoms with van der Waals surface area (Å²) < 4.78 is 0. The minimum absolute atomic E-state index is 0.155. The molecule has 0 aromatic heterocycles. The average molecular weight is 138 g/mol. The summed E-state index contributed by atoms with van der Waals surface area (Å²) in [6.45, 7) is 0. The van der Waals surface area contributed by atoms with Gasteiger partial charge in [0.15, 0.2) is 0 Å². The van der Waals surface area contributed by atoms with Crippen molar-refractivity contribution < 1.29 is 9.59 Å². The zero-order chi connectivity index (χ0) is 7.56. The number of hydrogen-bond donors (Lipinski definition) is 1. The van der Waals surface area contributed by atoms with Crippen LogP contribution in [0.15, 0.2) is 0 Å². The third-order valence-electron chi connectivity index (χ3n) is 1.33. The quantitative estimate of drug-likeness (QED) is 0.461.